The fourth-order valence-corrected chi connectivity index (χ4v) is 2.63. The van der Waals surface area contributed by atoms with Crippen LogP contribution in [0, 0.1) is 5.41 Å². The molecular formula is C14H30N2O. The summed E-state index contributed by atoms with van der Waals surface area (Å²) in [6.07, 6.45) is 2.43. The average molecular weight is 242 g/mol. The van der Waals surface area contributed by atoms with E-state index in [2.05, 4.69) is 37.9 Å². The van der Waals surface area contributed by atoms with Crippen LogP contribution in [0.1, 0.15) is 40.5 Å². The van der Waals surface area contributed by atoms with Crippen LogP contribution in [0.15, 0.2) is 0 Å². The first-order chi connectivity index (χ1) is 8.17. The second-order valence-electron chi connectivity index (χ2n) is 5.40. The van der Waals surface area contributed by atoms with Gasteiger partial charge in [-0.05, 0) is 32.9 Å². The molecule has 1 rings (SSSR count). The van der Waals surface area contributed by atoms with E-state index in [9.17, 15) is 0 Å². The van der Waals surface area contributed by atoms with Crippen molar-refractivity contribution < 1.29 is 4.74 Å². The van der Waals surface area contributed by atoms with Gasteiger partial charge in [0.1, 0.15) is 0 Å². The van der Waals surface area contributed by atoms with Gasteiger partial charge < -0.3 is 15.0 Å². The second kappa shape index (κ2) is 7.34. The molecule has 0 aliphatic carbocycles. The summed E-state index contributed by atoms with van der Waals surface area (Å²) in [4.78, 5) is 2.60. The highest BCUT2D eigenvalue weighted by atomic mass is 16.5. The zero-order valence-electron chi connectivity index (χ0n) is 12.1. The highest BCUT2D eigenvalue weighted by Gasteiger charge is 2.36. The molecule has 2 unspecified atom stereocenters. The van der Waals surface area contributed by atoms with Crippen LogP contribution in [0.4, 0.5) is 0 Å². The molecular weight excluding hydrogens is 212 g/mol. The second-order valence-corrected chi connectivity index (χ2v) is 5.40. The van der Waals surface area contributed by atoms with E-state index in [4.69, 9.17) is 4.74 Å². The lowest BCUT2D eigenvalue weighted by Gasteiger charge is -2.37. The van der Waals surface area contributed by atoms with Gasteiger partial charge in [-0.3, -0.25) is 0 Å². The molecule has 1 aliphatic heterocycles. The number of ether oxygens (including phenoxy) is 1. The lowest BCUT2D eigenvalue weighted by molar-refractivity contribution is 0.0913. The summed E-state index contributed by atoms with van der Waals surface area (Å²) in [6, 6.07) is 0.680. The minimum Gasteiger partial charge on any atom is -0.381 e. The fourth-order valence-electron chi connectivity index (χ4n) is 2.63. The van der Waals surface area contributed by atoms with Gasteiger partial charge in [-0.25, -0.2) is 0 Å². The highest BCUT2D eigenvalue weighted by molar-refractivity contribution is 4.89. The summed E-state index contributed by atoms with van der Waals surface area (Å²) in [5.41, 5.74) is 0.343. The van der Waals surface area contributed by atoms with Crippen LogP contribution in [-0.2, 0) is 4.74 Å². The predicted octanol–water partition coefficient (Wildman–Crippen LogP) is 2.12. The summed E-state index contributed by atoms with van der Waals surface area (Å²) in [7, 11) is 0. The molecule has 1 N–H and O–H groups in total. The van der Waals surface area contributed by atoms with Gasteiger partial charge in [-0.1, -0.05) is 20.8 Å². The van der Waals surface area contributed by atoms with E-state index >= 15 is 0 Å². The lowest BCUT2D eigenvalue weighted by atomic mass is 9.86. The van der Waals surface area contributed by atoms with Crippen molar-refractivity contribution in [2.24, 2.45) is 5.41 Å². The average Bonchev–Trinajstić information content (AvgIpc) is 2.81. The van der Waals surface area contributed by atoms with Crippen LogP contribution >= 0.6 is 0 Å². The third-order valence-corrected chi connectivity index (χ3v) is 4.09. The summed E-state index contributed by atoms with van der Waals surface area (Å²) < 4.78 is 5.65. The summed E-state index contributed by atoms with van der Waals surface area (Å²) in [5.74, 6) is 0. The molecule has 1 aliphatic rings. The largest absolute Gasteiger partial charge is 0.381 e. The number of nitrogens with zero attached hydrogens (tertiary/aromatic N) is 1. The number of hydrogen-bond donors (Lipinski definition) is 1. The maximum absolute atomic E-state index is 5.65. The highest BCUT2D eigenvalue weighted by Crippen LogP contribution is 2.30. The molecule has 1 fully saturated rings. The summed E-state index contributed by atoms with van der Waals surface area (Å²) in [5, 5.41) is 3.51. The van der Waals surface area contributed by atoms with Crippen molar-refractivity contribution in [3.63, 3.8) is 0 Å². The number of nitrogens with one attached hydrogen (secondary N) is 1. The number of hydrogen-bond acceptors (Lipinski definition) is 3. The Labute approximate surface area is 107 Å². The fraction of sp³-hybridized carbons (Fsp3) is 1.00. The van der Waals surface area contributed by atoms with Gasteiger partial charge in [0.25, 0.3) is 0 Å². The third kappa shape index (κ3) is 4.23. The Hall–Kier alpha value is -0.120. The van der Waals surface area contributed by atoms with E-state index < -0.39 is 0 Å². The molecule has 1 saturated heterocycles. The van der Waals surface area contributed by atoms with Crippen LogP contribution < -0.4 is 5.32 Å². The van der Waals surface area contributed by atoms with Crippen LogP contribution in [0.2, 0.25) is 0 Å². The predicted molar refractivity (Wildman–Crippen MR) is 73.4 cm³/mol. The minimum atomic E-state index is 0.343. The molecule has 0 aromatic rings. The first-order valence-corrected chi connectivity index (χ1v) is 7.20. The van der Waals surface area contributed by atoms with E-state index in [1.807, 2.05) is 0 Å². The molecule has 2 atom stereocenters. The minimum absolute atomic E-state index is 0.343. The van der Waals surface area contributed by atoms with E-state index in [-0.39, 0.29) is 0 Å². The van der Waals surface area contributed by atoms with Gasteiger partial charge in [0.05, 0.1) is 6.61 Å². The lowest BCUT2D eigenvalue weighted by Crippen LogP contribution is -2.47. The molecule has 3 nitrogen and oxygen atoms in total. The molecule has 0 spiro atoms. The first-order valence-electron chi connectivity index (χ1n) is 7.20. The van der Waals surface area contributed by atoms with Crippen molar-refractivity contribution in [1.82, 2.24) is 10.2 Å². The zero-order chi connectivity index (χ0) is 12.7. The van der Waals surface area contributed by atoms with Crippen molar-refractivity contribution in [3.8, 4) is 0 Å². The van der Waals surface area contributed by atoms with Crippen LogP contribution in [0.5, 0.6) is 0 Å². The SMILES string of the molecule is CCNCC1(CN(CC)C(C)CC)CCOC1. The van der Waals surface area contributed by atoms with Gasteiger partial charge in [0, 0.05) is 31.2 Å². The van der Waals surface area contributed by atoms with Crippen molar-refractivity contribution in [1.29, 1.82) is 0 Å². The monoisotopic (exact) mass is 242 g/mol. The Kier molecular flexibility index (Phi) is 6.45. The smallest absolute Gasteiger partial charge is 0.0547 e. The Bertz CT molecular complexity index is 202. The molecule has 102 valence electrons. The Morgan fingerprint density at radius 2 is 2.12 bits per heavy atom. The molecule has 0 amide bonds. The molecule has 0 aromatic carbocycles. The van der Waals surface area contributed by atoms with Gasteiger partial charge in [-0.15, -0.1) is 0 Å². The van der Waals surface area contributed by atoms with E-state index in [0.717, 1.165) is 32.8 Å². The maximum atomic E-state index is 5.65. The van der Waals surface area contributed by atoms with Gasteiger partial charge >= 0.3 is 0 Å². The van der Waals surface area contributed by atoms with Crippen molar-refractivity contribution in [2.45, 2.75) is 46.6 Å². The Balaban J connectivity index is 2.57. The molecule has 0 bridgehead atoms. The molecule has 0 radical (unpaired) electrons. The van der Waals surface area contributed by atoms with Gasteiger partial charge in [0.2, 0.25) is 0 Å². The summed E-state index contributed by atoms with van der Waals surface area (Å²) >= 11 is 0. The van der Waals surface area contributed by atoms with Gasteiger partial charge in [0.15, 0.2) is 0 Å². The Morgan fingerprint density at radius 3 is 2.59 bits per heavy atom. The normalized spacial score (nSPS) is 26.6. The molecule has 1 heterocycles. The van der Waals surface area contributed by atoms with Gasteiger partial charge in [-0.2, -0.15) is 0 Å². The standard InChI is InChI=1S/C14H30N2O/c1-5-13(4)16(7-3)11-14(10-15-6-2)8-9-17-12-14/h13,15H,5-12H2,1-4H3. The zero-order valence-corrected chi connectivity index (χ0v) is 12.1. The van der Waals surface area contributed by atoms with Crippen molar-refractivity contribution in [2.75, 3.05) is 39.4 Å². The molecule has 0 saturated carbocycles. The molecule has 3 heteroatoms. The van der Waals surface area contributed by atoms with Crippen LogP contribution in [0.25, 0.3) is 0 Å². The molecule has 0 aromatic heterocycles. The third-order valence-electron chi connectivity index (χ3n) is 4.09. The maximum Gasteiger partial charge on any atom is 0.0547 e. The van der Waals surface area contributed by atoms with E-state index in [1.54, 1.807) is 0 Å². The Morgan fingerprint density at radius 1 is 1.35 bits per heavy atom. The van der Waals surface area contributed by atoms with Crippen molar-refractivity contribution >= 4 is 0 Å². The van der Waals surface area contributed by atoms with Crippen LogP contribution in [-0.4, -0.2) is 50.3 Å². The molecule has 17 heavy (non-hydrogen) atoms. The summed E-state index contributed by atoms with van der Waals surface area (Å²) in [6.45, 7) is 15.4. The van der Waals surface area contributed by atoms with Crippen LogP contribution in [0.3, 0.4) is 0 Å². The first kappa shape index (κ1) is 14.9. The van der Waals surface area contributed by atoms with Crippen molar-refractivity contribution in [3.05, 3.63) is 0 Å². The quantitative estimate of drug-likeness (QED) is 0.705. The van der Waals surface area contributed by atoms with E-state index in [1.165, 1.54) is 19.4 Å². The van der Waals surface area contributed by atoms with E-state index in [0.29, 0.717) is 11.5 Å². The number of rotatable bonds is 8. The topological polar surface area (TPSA) is 24.5 Å².